The van der Waals surface area contributed by atoms with Gasteiger partial charge in [-0.1, -0.05) is 31.5 Å². The lowest BCUT2D eigenvalue weighted by Gasteiger charge is -2.28. The van der Waals surface area contributed by atoms with Crippen molar-refractivity contribution in [2.45, 2.75) is 33.3 Å². The van der Waals surface area contributed by atoms with E-state index in [1.54, 1.807) is 0 Å². The molecule has 1 N–H and O–H groups in total. The average Bonchev–Trinajstić information content (AvgIpc) is 2.84. The molecule has 0 unspecified atom stereocenters. The number of hydrogen-bond donors (Lipinski definition) is 1. The third kappa shape index (κ3) is 2.99. The van der Waals surface area contributed by atoms with Crippen molar-refractivity contribution in [2.24, 2.45) is 11.8 Å². The Morgan fingerprint density at radius 2 is 2.17 bits per heavy atom. The summed E-state index contributed by atoms with van der Waals surface area (Å²) in [5.41, 5.74) is 1.04. The van der Waals surface area contributed by atoms with Crippen LogP contribution in [0.2, 0.25) is 5.02 Å². The summed E-state index contributed by atoms with van der Waals surface area (Å²) in [5.74, 6) is 2.03. The van der Waals surface area contributed by atoms with Crippen molar-refractivity contribution in [2.75, 3.05) is 13.1 Å². The highest BCUT2D eigenvalue weighted by Crippen LogP contribution is 2.30. The Balaban J connectivity index is 2.15. The van der Waals surface area contributed by atoms with Gasteiger partial charge in [0.05, 0.1) is 0 Å². The van der Waals surface area contributed by atoms with Crippen LogP contribution in [0.15, 0.2) is 18.2 Å². The van der Waals surface area contributed by atoms with Gasteiger partial charge < -0.3 is 10.1 Å². The van der Waals surface area contributed by atoms with Crippen molar-refractivity contribution in [3.05, 3.63) is 28.8 Å². The van der Waals surface area contributed by atoms with Crippen molar-refractivity contribution >= 4 is 11.6 Å². The van der Waals surface area contributed by atoms with Gasteiger partial charge in [-0.05, 0) is 37.9 Å². The van der Waals surface area contributed by atoms with Crippen LogP contribution < -0.4 is 10.1 Å². The molecule has 0 spiro atoms. The monoisotopic (exact) mass is 267 g/mol. The van der Waals surface area contributed by atoms with Crippen molar-refractivity contribution in [3.8, 4) is 5.75 Å². The second-order valence-corrected chi connectivity index (χ2v) is 5.85. The van der Waals surface area contributed by atoms with E-state index in [2.05, 4.69) is 19.2 Å². The van der Waals surface area contributed by atoms with Crippen LogP contribution in [0.3, 0.4) is 0 Å². The van der Waals surface area contributed by atoms with Gasteiger partial charge in [0.2, 0.25) is 0 Å². The van der Waals surface area contributed by atoms with Crippen LogP contribution in [-0.2, 0) is 0 Å². The normalized spacial score (nSPS) is 21.3. The maximum atomic E-state index is 6.25. The summed E-state index contributed by atoms with van der Waals surface area (Å²) in [4.78, 5) is 0. The molecule has 1 aromatic carbocycles. The number of halogens is 1. The van der Waals surface area contributed by atoms with E-state index < -0.39 is 0 Å². The number of hydrogen-bond acceptors (Lipinski definition) is 2. The number of ether oxygens (including phenoxy) is 1. The van der Waals surface area contributed by atoms with Gasteiger partial charge in [0, 0.05) is 23.0 Å². The van der Waals surface area contributed by atoms with Crippen LogP contribution in [0.5, 0.6) is 5.75 Å². The van der Waals surface area contributed by atoms with E-state index in [1.165, 1.54) is 6.42 Å². The average molecular weight is 268 g/mol. The van der Waals surface area contributed by atoms with Gasteiger partial charge >= 0.3 is 0 Å². The Bertz CT molecular complexity index is 399. The van der Waals surface area contributed by atoms with E-state index in [9.17, 15) is 0 Å². The molecule has 1 saturated heterocycles. The predicted octanol–water partition coefficient (Wildman–Crippen LogP) is 3.66. The lowest BCUT2D eigenvalue weighted by Crippen LogP contribution is -2.33. The molecule has 0 aliphatic carbocycles. The van der Waals surface area contributed by atoms with Crippen LogP contribution in [0.1, 0.15) is 25.8 Å². The molecule has 0 amide bonds. The predicted molar refractivity (Wildman–Crippen MR) is 76.4 cm³/mol. The quantitative estimate of drug-likeness (QED) is 0.899. The largest absolute Gasteiger partial charge is 0.489 e. The van der Waals surface area contributed by atoms with Crippen molar-refractivity contribution < 1.29 is 4.74 Å². The molecule has 1 heterocycles. The molecule has 2 nitrogen and oxygen atoms in total. The Morgan fingerprint density at radius 1 is 1.39 bits per heavy atom. The summed E-state index contributed by atoms with van der Waals surface area (Å²) in [6.07, 6.45) is 1.46. The molecule has 1 aliphatic heterocycles. The number of rotatable bonds is 4. The molecule has 0 radical (unpaired) electrons. The van der Waals surface area contributed by atoms with Crippen LogP contribution in [0.4, 0.5) is 0 Å². The molecular formula is C15H22ClNO. The zero-order valence-corrected chi connectivity index (χ0v) is 12.1. The summed E-state index contributed by atoms with van der Waals surface area (Å²) in [6.45, 7) is 8.63. The van der Waals surface area contributed by atoms with E-state index in [4.69, 9.17) is 16.3 Å². The van der Waals surface area contributed by atoms with E-state index in [-0.39, 0.29) is 6.10 Å². The molecule has 3 heteroatoms. The van der Waals surface area contributed by atoms with E-state index in [1.807, 2.05) is 25.1 Å². The number of nitrogens with one attached hydrogen (secondary N) is 1. The minimum Gasteiger partial charge on any atom is -0.489 e. The fourth-order valence-corrected chi connectivity index (χ4v) is 2.76. The van der Waals surface area contributed by atoms with Gasteiger partial charge in [0.1, 0.15) is 11.9 Å². The van der Waals surface area contributed by atoms with Gasteiger partial charge in [-0.2, -0.15) is 0 Å². The lowest BCUT2D eigenvalue weighted by atomic mass is 9.92. The molecule has 0 bridgehead atoms. The zero-order valence-electron chi connectivity index (χ0n) is 11.4. The molecule has 0 saturated carbocycles. The fraction of sp³-hybridized carbons (Fsp3) is 0.600. The summed E-state index contributed by atoms with van der Waals surface area (Å²) in [5, 5.41) is 4.19. The molecule has 2 rings (SSSR count). The molecule has 100 valence electrons. The second kappa shape index (κ2) is 5.94. The minimum absolute atomic E-state index is 0.261. The van der Waals surface area contributed by atoms with Gasteiger partial charge in [0.25, 0.3) is 0 Å². The zero-order chi connectivity index (χ0) is 13.1. The maximum absolute atomic E-state index is 6.25. The highest BCUT2D eigenvalue weighted by molar-refractivity contribution is 6.31. The molecule has 1 aromatic rings. The van der Waals surface area contributed by atoms with E-state index >= 15 is 0 Å². The molecule has 1 aliphatic rings. The van der Waals surface area contributed by atoms with Crippen molar-refractivity contribution in [3.63, 3.8) is 0 Å². The lowest BCUT2D eigenvalue weighted by molar-refractivity contribution is 0.0966. The van der Waals surface area contributed by atoms with E-state index in [0.717, 1.165) is 29.4 Å². The molecule has 0 aromatic heterocycles. The van der Waals surface area contributed by atoms with Crippen LogP contribution in [0.25, 0.3) is 0 Å². The van der Waals surface area contributed by atoms with Crippen molar-refractivity contribution in [1.29, 1.82) is 0 Å². The fourth-order valence-electron chi connectivity index (χ4n) is 2.60. The maximum Gasteiger partial charge on any atom is 0.124 e. The van der Waals surface area contributed by atoms with Gasteiger partial charge in [0.15, 0.2) is 0 Å². The molecule has 18 heavy (non-hydrogen) atoms. The van der Waals surface area contributed by atoms with Crippen LogP contribution >= 0.6 is 11.6 Å². The third-order valence-electron chi connectivity index (χ3n) is 3.70. The first kappa shape index (κ1) is 13.7. The summed E-state index contributed by atoms with van der Waals surface area (Å²) < 4.78 is 6.25. The Kier molecular flexibility index (Phi) is 4.52. The van der Waals surface area contributed by atoms with Gasteiger partial charge in [-0.3, -0.25) is 0 Å². The summed E-state index contributed by atoms with van der Waals surface area (Å²) >= 11 is 6.14. The van der Waals surface area contributed by atoms with Crippen molar-refractivity contribution in [1.82, 2.24) is 5.32 Å². The van der Waals surface area contributed by atoms with E-state index in [0.29, 0.717) is 11.8 Å². The first-order chi connectivity index (χ1) is 8.59. The second-order valence-electron chi connectivity index (χ2n) is 5.44. The Labute approximate surface area is 115 Å². The number of benzene rings is 1. The molecule has 1 fully saturated rings. The SMILES string of the molecule is Cc1c(Cl)cccc1O[C@H](C(C)C)[C@H]1CCNC1. The van der Waals surface area contributed by atoms with Crippen LogP contribution in [0, 0.1) is 18.8 Å². The summed E-state index contributed by atoms with van der Waals surface area (Å²) in [6, 6.07) is 5.87. The smallest absolute Gasteiger partial charge is 0.124 e. The Hall–Kier alpha value is -0.730. The van der Waals surface area contributed by atoms with Crippen LogP contribution in [-0.4, -0.2) is 19.2 Å². The molecular weight excluding hydrogens is 246 g/mol. The first-order valence-electron chi connectivity index (χ1n) is 6.72. The highest BCUT2D eigenvalue weighted by atomic mass is 35.5. The van der Waals surface area contributed by atoms with Gasteiger partial charge in [-0.25, -0.2) is 0 Å². The first-order valence-corrected chi connectivity index (χ1v) is 7.10. The minimum atomic E-state index is 0.261. The third-order valence-corrected chi connectivity index (χ3v) is 4.11. The summed E-state index contributed by atoms with van der Waals surface area (Å²) in [7, 11) is 0. The topological polar surface area (TPSA) is 21.3 Å². The molecule has 2 atom stereocenters. The van der Waals surface area contributed by atoms with Gasteiger partial charge in [-0.15, -0.1) is 0 Å². The Morgan fingerprint density at radius 3 is 2.78 bits per heavy atom. The standard InChI is InChI=1S/C15H22ClNO/c1-10(2)15(12-7-8-17-9-12)18-14-6-4-5-13(16)11(14)3/h4-6,10,12,15,17H,7-9H2,1-3H3/t12-,15+/m0/s1. The highest BCUT2D eigenvalue weighted by Gasteiger charge is 2.29.